The summed E-state index contributed by atoms with van der Waals surface area (Å²) in [6, 6.07) is -2.60. The number of dihydropyridines is 1. The maximum absolute atomic E-state index is 13.3. The zero-order valence-electron chi connectivity index (χ0n) is 19.2. The molecule has 2 bridgehead atoms. The molecule has 3 aliphatic rings. The molecule has 4 atom stereocenters. The van der Waals surface area contributed by atoms with Crippen molar-refractivity contribution >= 4 is 17.9 Å². The number of aliphatic hydroxyl groups excluding tert-OH is 2. The number of amides is 3. The fraction of sp³-hybridized carbons (Fsp3) is 0.524. The van der Waals surface area contributed by atoms with E-state index in [0.717, 1.165) is 6.92 Å². The summed E-state index contributed by atoms with van der Waals surface area (Å²) >= 11 is 0. The van der Waals surface area contributed by atoms with Gasteiger partial charge in [0.25, 0.3) is 0 Å². The van der Waals surface area contributed by atoms with E-state index >= 15 is 0 Å². The minimum absolute atomic E-state index is 0.0626. The van der Waals surface area contributed by atoms with Crippen LogP contribution in [0.15, 0.2) is 35.9 Å². The Morgan fingerprint density at radius 1 is 1.39 bits per heavy atom. The van der Waals surface area contributed by atoms with Crippen LogP contribution in [0.5, 0.6) is 5.88 Å². The van der Waals surface area contributed by atoms with Crippen LogP contribution >= 0.6 is 0 Å². The van der Waals surface area contributed by atoms with Gasteiger partial charge >= 0.3 is 12.2 Å². The van der Waals surface area contributed by atoms with Gasteiger partial charge in [0.05, 0.1) is 18.3 Å². The lowest BCUT2D eigenvalue weighted by atomic mass is 10.1. The number of hydrogen-bond donors (Lipinski definition) is 5. The summed E-state index contributed by atoms with van der Waals surface area (Å²) in [5, 5.41) is 25.7. The number of aromatic nitrogens is 2. The molecule has 0 aromatic carbocycles. The Bertz CT molecular complexity index is 1070. The zero-order valence-corrected chi connectivity index (χ0v) is 19.2. The summed E-state index contributed by atoms with van der Waals surface area (Å²) in [6.45, 7) is 1.35. The first-order valence-corrected chi connectivity index (χ1v) is 11.2. The summed E-state index contributed by atoms with van der Waals surface area (Å²) < 4.78 is 43.9. The predicted octanol–water partition coefficient (Wildman–Crippen LogP) is -0.106. The summed E-state index contributed by atoms with van der Waals surface area (Å²) in [5.41, 5.74) is 0.641. The van der Waals surface area contributed by atoms with Gasteiger partial charge in [0.2, 0.25) is 17.7 Å². The second kappa shape index (κ2) is 10.2. The van der Waals surface area contributed by atoms with Gasteiger partial charge in [-0.05, 0) is 19.4 Å². The van der Waals surface area contributed by atoms with Crippen LogP contribution in [-0.4, -0.2) is 98.6 Å². The van der Waals surface area contributed by atoms with Gasteiger partial charge in [0, 0.05) is 25.4 Å². The van der Waals surface area contributed by atoms with E-state index < -0.39 is 42.9 Å². The standard InChI is InChI=1S/C21H26F3N7O5/c1-11(21(22,23)24)26-18(34)14-2-3-15-17(27-14)31(12-5-7-30(15)8-12)20(35)29-19-25-6-4-16(28-19)36-10-13(33)9-32/h2-4,6,11-14,27,32-33H,5,7-10H2,1H3,(H,26,34)(H,25,28,29,35)/t11-,12+,13+,14?/m1/s1. The van der Waals surface area contributed by atoms with Crippen molar-refractivity contribution in [1.29, 1.82) is 0 Å². The number of alkyl halides is 3. The molecule has 1 aromatic rings. The first-order valence-electron chi connectivity index (χ1n) is 11.2. The van der Waals surface area contributed by atoms with Crippen LogP contribution in [0.4, 0.5) is 23.9 Å². The van der Waals surface area contributed by atoms with Gasteiger partial charge in [-0.15, -0.1) is 0 Å². The molecule has 5 N–H and O–H groups in total. The minimum Gasteiger partial charge on any atom is -0.475 e. The normalized spacial score (nSPS) is 22.5. The van der Waals surface area contributed by atoms with Crippen molar-refractivity contribution in [3.8, 4) is 5.88 Å². The van der Waals surface area contributed by atoms with Gasteiger partial charge in [-0.1, -0.05) is 6.08 Å². The Labute approximate surface area is 203 Å². The first-order chi connectivity index (χ1) is 17.1. The van der Waals surface area contributed by atoms with E-state index in [1.807, 2.05) is 10.2 Å². The van der Waals surface area contributed by atoms with Crippen LogP contribution in [0.3, 0.4) is 0 Å². The number of allylic oxidation sites excluding steroid dienone is 1. The molecule has 0 saturated carbocycles. The summed E-state index contributed by atoms with van der Waals surface area (Å²) in [5.74, 6) is -0.609. The van der Waals surface area contributed by atoms with Crippen LogP contribution in [0.25, 0.3) is 0 Å². The van der Waals surface area contributed by atoms with Crippen molar-refractivity contribution in [2.45, 2.75) is 43.8 Å². The Hall–Kier alpha value is -3.59. The molecule has 0 radical (unpaired) electrons. The lowest BCUT2D eigenvalue weighted by Crippen LogP contribution is -2.57. The van der Waals surface area contributed by atoms with Gasteiger partial charge in [0.15, 0.2) is 0 Å². The Kier molecular flexibility index (Phi) is 7.21. The number of halogens is 3. The minimum atomic E-state index is -4.59. The van der Waals surface area contributed by atoms with E-state index in [-0.39, 0.29) is 24.5 Å². The van der Waals surface area contributed by atoms with Crippen molar-refractivity contribution in [1.82, 2.24) is 30.4 Å². The van der Waals surface area contributed by atoms with Gasteiger partial charge in [-0.3, -0.25) is 15.0 Å². The third-order valence-corrected chi connectivity index (χ3v) is 5.93. The summed E-state index contributed by atoms with van der Waals surface area (Å²) in [6.07, 6.45) is -0.637. The molecule has 1 fully saturated rings. The fourth-order valence-electron chi connectivity index (χ4n) is 4.02. The summed E-state index contributed by atoms with van der Waals surface area (Å²) in [4.78, 5) is 37.3. The van der Waals surface area contributed by atoms with Crippen LogP contribution < -0.4 is 20.7 Å². The Morgan fingerprint density at radius 3 is 2.89 bits per heavy atom. The quantitative estimate of drug-likeness (QED) is 0.336. The zero-order chi connectivity index (χ0) is 26.0. The highest BCUT2D eigenvalue weighted by Gasteiger charge is 2.43. The Morgan fingerprint density at radius 2 is 2.17 bits per heavy atom. The SMILES string of the molecule is C[C@@H](NC(=O)C1C=CC2=C(N1)N(C(=O)Nc1nccc(OC[C@@H](O)CO)n1)[C@H]1CCN2C1)C(F)(F)F. The predicted molar refractivity (Wildman–Crippen MR) is 118 cm³/mol. The van der Waals surface area contributed by atoms with Crippen LogP contribution in [0.2, 0.25) is 0 Å². The van der Waals surface area contributed by atoms with E-state index in [1.165, 1.54) is 23.2 Å². The molecule has 36 heavy (non-hydrogen) atoms. The van der Waals surface area contributed by atoms with Gasteiger partial charge in [0.1, 0.15) is 30.6 Å². The number of urea groups is 1. The molecular weight excluding hydrogens is 487 g/mol. The second-order valence-electron chi connectivity index (χ2n) is 8.54. The number of nitrogens with zero attached hydrogens (tertiary/aromatic N) is 4. The van der Waals surface area contributed by atoms with E-state index in [9.17, 15) is 27.9 Å². The molecular formula is C21H26F3N7O5. The lowest BCUT2D eigenvalue weighted by molar-refractivity contribution is -0.158. The largest absolute Gasteiger partial charge is 0.475 e. The van der Waals surface area contributed by atoms with Gasteiger partial charge in [-0.25, -0.2) is 9.78 Å². The number of aliphatic hydroxyl groups is 2. The smallest absolute Gasteiger partial charge is 0.408 e. The summed E-state index contributed by atoms with van der Waals surface area (Å²) in [7, 11) is 0. The fourth-order valence-corrected chi connectivity index (χ4v) is 4.02. The molecule has 4 heterocycles. The van der Waals surface area contributed by atoms with Crippen molar-refractivity contribution in [3.63, 3.8) is 0 Å². The topological polar surface area (TPSA) is 152 Å². The number of carbonyl (C=O) groups excluding carboxylic acids is 2. The van der Waals surface area contributed by atoms with Gasteiger partial charge in [-0.2, -0.15) is 18.2 Å². The molecule has 3 aliphatic heterocycles. The van der Waals surface area contributed by atoms with Crippen molar-refractivity contribution in [2.24, 2.45) is 0 Å². The van der Waals surface area contributed by atoms with E-state index in [2.05, 4.69) is 20.6 Å². The van der Waals surface area contributed by atoms with Crippen LogP contribution in [-0.2, 0) is 4.79 Å². The molecule has 1 unspecified atom stereocenters. The van der Waals surface area contributed by atoms with Crippen molar-refractivity contribution in [2.75, 3.05) is 31.6 Å². The number of anilines is 1. The maximum atomic E-state index is 13.3. The average molecular weight is 513 g/mol. The molecule has 1 aromatic heterocycles. The van der Waals surface area contributed by atoms with Crippen LogP contribution in [0.1, 0.15) is 13.3 Å². The molecule has 12 nitrogen and oxygen atoms in total. The number of nitrogens with one attached hydrogen (secondary N) is 3. The van der Waals surface area contributed by atoms with Crippen molar-refractivity contribution < 1.29 is 37.7 Å². The molecule has 0 aliphatic carbocycles. The maximum Gasteiger partial charge on any atom is 0.408 e. The molecule has 196 valence electrons. The molecule has 4 rings (SSSR count). The number of ether oxygens (including phenoxy) is 1. The van der Waals surface area contributed by atoms with Crippen molar-refractivity contribution in [3.05, 3.63) is 35.9 Å². The lowest BCUT2D eigenvalue weighted by Gasteiger charge is -2.40. The Balaban J connectivity index is 1.48. The van der Waals surface area contributed by atoms with E-state index in [0.29, 0.717) is 31.0 Å². The van der Waals surface area contributed by atoms with Gasteiger partial charge < -0.3 is 30.5 Å². The highest BCUT2D eigenvalue weighted by atomic mass is 19.4. The molecule has 3 amide bonds. The molecule has 1 saturated heterocycles. The second-order valence-corrected chi connectivity index (χ2v) is 8.54. The third kappa shape index (κ3) is 5.46. The average Bonchev–Trinajstić information content (AvgIpc) is 3.25. The van der Waals surface area contributed by atoms with E-state index in [4.69, 9.17) is 9.84 Å². The number of fused-ring (bicyclic) bond motifs is 3. The van der Waals surface area contributed by atoms with E-state index in [1.54, 1.807) is 6.08 Å². The highest BCUT2D eigenvalue weighted by Crippen LogP contribution is 2.33. The number of rotatable bonds is 7. The molecule has 15 heteroatoms. The molecule has 0 spiro atoms. The number of hydrogen-bond acceptors (Lipinski definition) is 9. The third-order valence-electron chi connectivity index (χ3n) is 5.93. The van der Waals surface area contributed by atoms with Crippen LogP contribution in [0, 0.1) is 0 Å². The first kappa shape index (κ1) is 25.5. The number of carbonyl (C=O) groups is 2. The highest BCUT2D eigenvalue weighted by molar-refractivity contribution is 5.90. The monoisotopic (exact) mass is 513 g/mol.